The van der Waals surface area contributed by atoms with Crippen molar-refractivity contribution >= 4 is 23.4 Å². The van der Waals surface area contributed by atoms with Crippen molar-refractivity contribution < 1.29 is 14.8 Å². The maximum atomic E-state index is 11.9. The first-order chi connectivity index (χ1) is 8.76. The lowest BCUT2D eigenvalue weighted by Gasteiger charge is -2.22. The molecular weight excluding hydrogens is 268 g/mol. The van der Waals surface area contributed by atoms with Crippen LogP contribution in [0, 0.1) is 10.1 Å². The number of rotatable bonds is 5. The van der Waals surface area contributed by atoms with Crippen molar-refractivity contribution in [2.24, 2.45) is 0 Å². The number of aromatic hydroxyl groups is 1. The molecule has 1 amide bonds. The fourth-order valence-electron chi connectivity index (χ4n) is 1.33. The van der Waals surface area contributed by atoms with E-state index in [-0.39, 0.29) is 21.7 Å². The van der Waals surface area contributed by atoms with Crippen LogP contribution >= 0.6 is 11.8 Å². The zero-order valence-corrected chi connectivity index (χ0v) is 11.8. The summed E-state index contributed by atoms with van der Waals surface area (Å²) in [6.45, 7) is 4.28. The van der Waals surface area contributed by atoms with Gasteiger partial charge in [-0.25, -0.2) is 0 Å². The van der Waals surface area contributed by atoms with E-state index in [1.807, 2.05) is 20.1 Å². The summed E-state index contributed by atoms with van der Waals surface area (Å²) >= 11 is 1.58. The highest BCUT2D eigenvalue weighted by atomic mass is 32.2. The summed E-state index contributed by atoms with van der Waals surface area (Å²) in [5.74, 6) is -0.746. The predicted octanol–water partition coefficient (Wildman–Crippen LogP) is 2.17. The topological polar surface area (TPSA) is 92.5 Å². The molecule has 0 spiro atoms. The monoisotopic (exact) mass is 284 g/mol. The molecule has 0 atom stereocenters. The van der Waals surface area contributed by atoms with E-state index < -0.39 is 10.8 Å². The van der Waals surface area contributed by atoms with Gasteiger partial charge in [0.2, 0.25) is 0 Å². The second-order valence-corrected chi connectivity index (χ2v) is 6.12. The van der Waals surface area contributed by atoms with Crippen LogP contribution in [0.4, 0.5) is 5.69 Å². The van der Waals surface area contributed by atoms with Crippen molar-refractivity contribution in [2.45, 2.75) is 18.6 Å². The first kappa shape index (κ1) is 15.3. The highest BCUT2D eigenvalue weighted by Crippen LogP contribution is 2.24. The molecule has 1 aromatic rings. The zero-order chi connectivity index (χ0) is 14.6. The van der Waals surface area contributed by atoms with Crippen molar-refractivity contribution in [1.29, 1.82) is 0 Å². The van der Waals surface area contributed by atoms with E-state index in [1.165, 1.54) is 6.07 Å². The van der Waals surface area contributed by atoms with Crippen LogP contribution in [0.2, 0.25) is 0 Å². The third-order valence-electron chi connectivity index (χ3n) is 2.65. The molecule has 1 rings (SSSR count). The maximum absolute atomic E-state index is 11.9. The van der Waals surface area contributed by atoms with Gasteiger partial charge < -0.3 is 10.4 Å². The molecule has 104 valence electrons. The second-order valence-electron chi connectivity index (χ2n) is 4.61. The van der Waals surface area contributed by atoms with Gasteiger partial charge in [0.05, 0.1) is 4.92 Å². The molecule has 6 nitrogen and oxygen atoms in total. The van der Waals surface area contributed by atoms with Gasteiger partial charge in [0.25, 0.3) is 11.6 Å². The number of nitro benzene ring substituents is 1. The molecule has 7 heteroatoms. The van der Waals surface area contributed by atoms with Crippen LogP contribution in [-0.2, 0) is 0 Å². The lowest BCUT2D eigenvalue weighted by atomic mass is 10.1. The molecular formula is C12H16N2O4S. The summed E-state index contributed by atoms with van der Waals surface area (Å²) in [4.78, 5) is 22.1. The smallest absolute Gasteiger partial charge is 0.282 e. The van der Waals surface area contributed by atoms with Gasteiger partial charge in [0.1, 0.15) is 11.3 Å². The Morgan fingerprint density at radius 1 is 1.53 bits per heavy atom. The predicted molar refractivity (Wildman–Crippen MR) is 74.7 cm³/mol. The molecule has 0 saturated carbocycles. The van der Waals surface area contributed by atoms with E-state index in [2.05, 4.69) is 5.32 Å². The summed E-state index contributed by atoms with van der Waals surface area (Å²) in [7, 11) is 0. The molecule has 2 N–H and O–H groups in total. The van der Waals surface area contributed by atoms with E-state index in [9.17, 15) is 20.0 Å². The van der Waals surface area contributed by atoms with Crippen LogP contribution in [-0.4, -0.2) is 33.5 Å². The van der Waals surface area contributed by atoms with Crippen LogP contribution in [0.5, 0.6) is 5.75 Å². The Kier molecular flexibility index (Phi) is 4.77. The van der Waals surface area contributed by atoms with Crippen LogP contribution in [0.15, 0.2) is 18.2 Å². The number of hydrogen-bond acceptors (Lipinski definition) is 5. The molecule has 0 saturated heterocycles. The second kappa shape index (κ2) is 5.92. The number of carbonyl (C=O) groups excluding carboxylic acids is 1. The summed E-state index contributed by atoms with van der Waals surface area (Å²) in [5.41, 5.74) is -0.459. The molecule has 0 unspecified atom stereocenters. The van der Waals surface area contributed by atoms with Crippen LogP contribution in [0.1, 0.15) is 24.2 Å². The van der Waals surface area contributed by atoms with E-state index in [4.69, 9.17) is 0 Å². The van der Waals surface area contributed by atoms with Crippen molar-refractivity contribution in [3.05, 3.63) is 33.9 Å². The van der Waals surface area contributed by atoms with E-state index in [1.54, 1.807) is 11.8 Å². The van der Waals surface area contributed by atoms with Crippen molar-refractivity contribution in [2.75, 3.05) is 12.8 Å². The SMILES string of the molecule is CSC(C)(C)CNC(=O)c1cc(O)ccc1[N+](=O)[O-]. The van der Waals surface area contributed by atoms with Gasteiger partial charge in [-0.05, 0) is 32.2 Å². The summed E-state index contributed by atoms with van der Waals surface area (Å²) < 4.78 is -0.165. The number of phenols is 1. The Hall–Kier alpha value is -1.76. The van der Waals surface area contributed by atoms with E-state index in [0.717, 1.165) is 12.1 Å². The molecule has 0 radical (unpaired) electrons. The lowest BCUT2D eigenvalue weighted by molar-refractivity contribution is -0.385. The maximum Gasteiger partial charge on any atom is 0.282 e. The molecule has 0 heterocycles. The Balaban J connectivity index is 2.93. The average Bonchev–Trinajstić information content (AvgIpc) is 2.35. The largest absolute Gasteiger partial charge is 0.508 e. The highest BCUT2D eigenvalue weighted by Gasteiger charge is 2.23. The number of hydrogen-bond donors (Lipinski definition) is 2. The van der Waals surface area contributed by atoms with E-state index in [0.29, 0.717) is 6.54 Å². The van der Waals surface area contributed by atoms with Crippen molar-refractivity contribution in [3.63, 3.8) is 0 Å². The minimum absolute atomic E-state index is 0.137. The standard InChI is InChI=1S/C12H16N2O4S/c1-12(2,19-3)7-13-11(16)9-6-8(15)4-5-10(9)14(17)18/h4-6,15H,7H2,1-3H3,(H,13,16). The Bertz CT molecular complexity index is 503. The number of thioether (sulfide) groups is 1. The third kappa shape index (κ3) is 4.13. The Morgan fingerprint density at radius 2 is 2.16 bits per heavy atom. The number of carbonyl (C=O) groups is 1. The average molecular weight is 284 g/mol. The van der Waals surface area contributed by atoms with Gasteiger partial charge >= 0.3 is 0 Å². The summed E-state index contributed by atoms with van der Waals surface area (Å²) in [6, 6.07) is 3.39. The molecule has 0 aromatic heterocycles. The summed E-state index contributed by atoms with van der Waals surface area (Å²) in [5, 5.41) is 22.8. The van der Waals surface area contributed by atoms with Crippen molar-refractivity contribution in [1.82, 2.24) is 5.32 Å². The number of phenolic OH excluding ortho intramolecular Hbond substituents is 1. The third-order valence-corrected chi connectivity index (χ3v) is 3.90. The first-order valence-electron chi connectivity index (χ1n) is 5.57. The van der Waals surface area contributed by atoms with Gasteiger partial charge in [0.15, 0.2) is 0 Å². The molecule has 19 heavy (non-hydrogen) atoms. The molecule has 0 aliphatic heterocycles. The van der Waals surface area contributed by atoms with Gasteiger partial charge in [-0.15, -0.1) is 0 Å². The highest BCUT2D eigenvalue weighted by molar-refractivity contribution is 7.99. The van der Waals surface area contributed by atoms with Crippen LogP contribution in [0.25, 0.3) is 0 Å². The minimum Gasteiger partial charge on any atom is -0.508 e. The molecule has 0 bridgehead atoms. The number of benzene rings is 1. The van der Waals surface area contributed by atoms with Gasteiger partial charge in [-0.2, -0.15) is 11.8 Å². The Morgan fingerprint density at radius 3 is 2.68 bits per heavy atom. The van der Waals surface area contributed by atoms with Gasteiger partial charge in [-0.1, -0.05) is 0 Å². The summed E-state index contributed by atoms with van der Waals surface area (Å²) in [6.07, 6.45) is 1.92. The lowest BCUT2D eigenvalue weighted by Crippen LogP contribution is -2.36. The molecule has 1 aromatic carbocycles. The van der Waals surface area contributed by atoms with Crippen molar-refractivity contribution in [3.8, 4) is 5.75 Å². The minimum atomic E-state index is -0.645. The molecule has 0 aliphatic carbocycles. The van der Waals surface area contributed by atoms with Gasteiger partial charge in [-0.3, -0.25) is 14.9 Å². The molecule has 0 aliphatic rings. The van der Waals surface area contributed by atoms with Gasteiger partial charge in [0, 0.05) is 17.4 Å². The fraction of sp³-hybridized carbons (Fsp3) is 0.417. The number of nitrogens with one attached hydrogen (secondary N) is 1. The normalized spacial score (nSPS) is 11.1. The quantitative estimate of drug-likeness (QED) is 0.638. The van der Waals surface area contributed by atoms with Crippen LogP contribution < -0.4 is 5.32 Å². The first-order valence-corrected chi connectivity index (χ1v) is 6.80. The number of nitrogens with zero attached hydrogens (tertiary/aromatic N) is 1. The Labute approximate surface area is 115 Å². The fourth-order valence-corrected chi connectivity index (χ4v) is 1.54. The number of amides is 1. The zero-order valence-electron chi connectivity index (χ0n) is 11.0. The number of nitro groups is 1. The molecule has 0 fully saturated rings. The van der Waals surface area contributed by atoms with E-state index >= 15 is 0 Å². The van der Waals surface area contributed by atoms with Crippen LogP contribution in [0.3, 0.4) is 0 Å².